The summed E-state index contributed by atoms with van der Waals surface area (Å²) in [5.41, 5.74) is 9.04. The first kappa shape index (κ1) is 14.3. The third-order valence-corrected chi connectivity index (χ3v) is 4.55. The van der Waals surface area contributed by atoms with Gasteiger partial charge in [-0.3, -0.25) is 0 Å². The fraction of sp³-hybridized carbons (Fsp3) is 0. The molecule has 5 nitrogen and oxygen atoms in total. The molecule has 0 saturated heterocycles. The summed E-state index contributed by atoms with van der Waals surface area (Å²) >= 11 is 1.48. The van der Waals surface area contributed by atoms with Crippen LogP contribution in [0.4, 0.5) is 5.82 Å². The van der Waals surface area contributed by atoms with Gasteiger partial charge in [0.15, 0.2) is 11.6 Å². The van der Waals surface area contributed by atoms with Gasteiger partial charge in [0, 0.05) is 11.1 Å². The molecule has 0 fully saturated rings. The van der Waals surface area contributed by atoms with Crippen molar-refractivity contribution in [2.75, 3.05) is 5.73 Å². The second kappa shape index (κ2) is 5.72. The van der Waals surface area contributed by atoms with Crippen LogP contribution < -0.4 is 5.73 Å². The van der Waals surface area contributed by atoms with E-state index >= 15 is 0 Å². The van der Waals surface area contributed by atoms with Crippen LogP contribution in [0.5, 0.6) is 0 Å². The fourth-order valence-electron chi connectivity index (χ4n) is 2.40. The average molecular weight is 329 g/mol. The number of fused-ring (bicyclic) bond motifs is 1. The lowest BCUT2D eigenvalue weighted by Gasteiger charge is -2.02. The van der Waals surface area contributed by atoms with Gasteiger partial charge in [-0.15, -0.1) is 0 Å². The van der Waals surface area contributed by atoms with Gasteiger partial charge in [0.2, 0.25) is 0 Å². The van der Waals surface area contributed by atoms with Crippen molar-refractivity contribution in [3.8, 4) is 28.0 Å². The number of rotatable bonds is 2. The summed E-state index contributed by atoms with van der Waals surface area (Å²) in [6, 6.07) is 19.2. The largest absolute Gasteiger partial charge is 0.382 e. The van der Waals surface area contributed by atoms with E-state index in [2.05, 4.69) is 21.0 Å². The zero-order chi connectivity index (χ0) is 16.5. The SMILES string of the molecule is N#Cc1cccc(-c2nc(N)c3nc(-c4ccccc4)sc3n2)c1. The van der Waals surface area contributed by atoms with Gasteiger partial charge < -0.3 is 5.73 Å². The monoisotopic (exact) mass is 329 g/mol. The van der Waals surface area contributed by atoms with Crippen LogP contribution in [0.3, 0.4) is 0 Å². The van der Waals surface area contributed by atoms with Crippen LogP contribution in [0.2, 0.25) is 0 Å². The molecule has 2 aromatic carbocycles. The van der Waals surface area contributed by atoms with Gasteiger partial charge in [0.25, 0.3) is 0 Å². The molecule has 0 unspecified atom stereocenters. The average Bonchev–Trinajstić information content (AvgIpc) is 3.07. The molecule has 0 aliphatic heterocycles. The Kier molecular flexibility index (Phi) is 3.41. The van der Waals surface area contributed by atoms with Crippen molar-refractivity contribution in [1.82, 2.24) is 15.0 Å². The first-order chi connectivity index (χ1) is 11.7. The smallest absolute Gasteiger partial charge is 0.163 e. The van der Waals surface area contributed by atoms with E-state index in [4.69, 9.17) is 11.0 Å². The normalized spacial score (nSPS) is 10.6. The molecular weight excluding hydrogens is 318 g/mol. The number of thiazole rings is 1. The Morgan fingerprint density at radius 3 is 2.50 bits per heavy atom. The maximum atomic E-state index is 9.04. The second-order valence-corrected chi connectivity index (χ2v) is 6.14. The number of nitrogens with zero attached hydrogens (tertiary/aromatic N) is 4. The second-order valence-electron chi connectivity index (χ2n) is 5.16. The van der Waals surface area contributed by atoms with Crippen LogP contribution in [0.1, 0.15) is 5.56 Å². The van der Waals surface area contributed by atoms with Crippen molar-refractivity contribution in [1.29, 1.82) is 5.26 Å². The molecule has 2 heterocycles. The lowest BCUT2D eigenvalue weighted by Crippen LogP contribution is -1.97. The molecule has 0 saturated carbocycles. The lowest BCUT2D eigenvalue weighted by molar-refractivity contribution is 1.23. The molecule has 0 atom stereocenters. The molecule has 0 radical (unpaired) electrons. The van der Waals surface area contributed by atoms with Crippen molar-refractivity contribution in [2.24, 2.45) is 0 Å². The third kappa shape index (κ3) is 2.47. The van der Waals surface area contributed by atoms with Crippen molar-refractivity contribution in [3.05, 3.63) is 60.2 Å². The van der Waals surface area contributed by atoms with Crippen LogP contribution in [0.15, 0.2) is 54.6 Å². The fourth-order valence-corrected chi connectivity index (χ4v) is 3.36. The summed E-state index contributed by atoms with van der Waals surface area (Å²) in [7, 11) is 0. The standard InChI is InChI=1S/C18H11N5S/c19-10-11-5-4-8-13(9-11)16-22-15(20)14-18(23-16)24-17(21-14)12-6-2-1-3-7-12/h1-9H,(H2,20,22,23). The lowest BCUT2D eigenvalue weighted by atomic mass is 10.1. The number of nitrogen functional groups attached to an aromatic ring is 1. The zero-order valence-corrected chi connectivity index (χ0v) is 13.3. The maximum Gasteiger partial charge on any atom is 0.163 e. The van der Waals surface area contributed by atoms with Gasteiger partial charge in [-0.25, -0.2) is 15.0 Å². The molecule has 0 aliphatic carbocycles. The van der Waals surface area contributed by atoms with Crippen LogP contribution in [0, 0.1) is 11.3 Å². The third-order valence-electron chi connectivity index (χ3n) is 3.56. The number of anilines is 1. The van der Waals surface area contributed by atoms with Gasteiger partial charge >= 0.3 is 0 Å². The Morgan fingerprint density at radius 2 is 1.71 bits per heavy atom. The molecule has 0 spiro atoms. The molecule has 4 aromatic rings. The minimum Gasteiger partial charge on any atom is -0.382 e. The highest BCUT2D eigenvalue weighted by atomic mass is 32.1. The first-order valence-electron chi connectivity index (χ1n) is 7.24. The van der Waals surface area contributed by atoms with Crippen LogP contribution in [0.25, 0.3) is 32.3 Å². The minimum absolute atomic E-state index is 0.343. The highest BCUT2D eigenvalue weighted by molar-refractivity contribution is 7.21. The molecule has 6 heteroatoms. The van der Waals surface area contributed by atoms with Gasteiger partial charge in [0.05, 0.1) is 11.6 Å². The Balaban J connectivity index is 1.87. The van der Waals surface area contributed by atoms with E-state index in [1.807, 2.05) is 36.4 Å². The van der Waals surface area contributed by atoms with E-state index in [-0.39, 0.29) is 0 Å². The summed E-state index contributed by atoms with van der Waals surface area (Å²) in [5.74, 6) is 0.844. The molecular formula is C18H11N5S. The van der Waals surface area contributed by atoms with Gasteiger partial charge in [-0.2, -0.15) is 5.26 Å². The molecule has 0 amide bonds. The van der Waals surface area contributed by atoms with Gasteiger partial charge in [-0.05, 0) is 12.1 Å². The van der Waals surface area contributed by atoms with Crippen molar-refractivity contribution in [2.45, 2.75) is 0 Å². The Labute approximate surface area is 142 Å². The number of hydrogen-bond donors (Lipinski definition) is 1. The van der Waals surface area contributed by atoms with Crippen LogP contribution in [-0.2, 0) is 0 Å². The van der Waals surface area contributed by atoms with E-state index < -0.39 is 0 Å². The van der Waals surface area contributed by atoms with Crippen LogP contribution in [-0.4, -0.2) is 15.0 Å². The number of nitriles is 1. The summed E-state index contributed by atoms with van der Waals surface area (Å²) in [6.45, 7) is 0. The van der Waals surface area contributed by atoms with Gasteiger partial charge in [-0.1, -0.05) is 53.8 Å². The minimum atomic E-state index is 0.343. The van der Waals surface area contributed by atoms with E-state index in [0.29, 0.717) is 22.7 Å². The Hall–Kier alpha value is -3.30. The predicted molar refractivity (Wildman–Crippen MR) is 95.2 cm³/mol. The van der Waals surface area contributed by atoms with Gasteiger partial charge in [0.1, 0.15) is 15.4 Å². The number of nitrogens with two attached hydrogens (primary N) is 1. The van der Waals surface area contributed by atoms with E-state index in [0.717, 1.165) is 21.0 Å². The molecule has 0 aliphatic rings. The highest BCUT2D eigenvalue weighted by Gasteiger charge is 2.13. The van der Waals surface area contributed by atoms with Crippen molar-refractivity contribution in [3.63, 3.8) is 0 Å². The topological polar surface area (TPSA) is 88.5 Å². The number of benzene rings is 2. The quantitative estimate of drug-likeness (QED) is 0.603. The Bertz CT molecular complexity index is 1080. The summed E-state index contributed by atoms with van der Waals surface area (Å²) in [6.07, 6.45) is 0. The zero-order valence-electron chi connectivity index (χ0n) is 12.5. The molecule has 2 aromatic heterocycles. The summed E-state index contributed by atoms with van der Waals surface area (Å²) in [4.78, 5) is 14.2. The number of aromatic nitrogens is 3. The van der Waals surface area contributed by atoms with E-state index in [1.165, 1.54) is 11.3 Å². The van der Waals surface area contributed by atoms with E-state index in [9.17, 15) is 0 Å². The van der Waals surface area contributed by atoms with E-state index in [1.54, 1.807) is 18.2 Å². The number of hydrogen-bond acceptors (Lipinski definition) is 6. The highest BCUT2D eigenvalue weighted by Crippen LogP contribution is 2.32. The first-order valence-corrected chi connectivity index (χ1v) is 8.06. The van der Waals surface area contributed by atoms with Crippen molar-refractivity contribution < 1.29 is 0 Å². The maximum absolute atomic E-state index is 9.04. The molecule has 114 valence electrons. The molecule has 4 rings (SSSR count). The predicted octanol–water partition coefficient (Wildman–Crippen LogP) is 3.87. The Morgan fingerprint density at radius 1 is 0.917 bits per heavy atom. The summed E-state index contributed by atoms with van der Waals surface area (Å²) in [5, 5.41) is 9.90. The molecule has 24 heavy (non-hydrogen) atoms. The van der Waals surface area contributed by atoms with Crippen molar-refractivity contribution >= 4 is 27.5 Å². The summed E-state index contributed by atoms with van der Waals surface area (Å²) < 4.78 is 0. The van der Waals surface area contributed by atoms with Crippen LogP contribution >= 0.6 is 11.3 Å². The molecule has 0 bridgehead atoms. The molecule has 2 N–H and O–H groups in total.